The monoisotopic (exact) mass is 315 g/mol. The minimum Gasteiger partial charge on any atom is -0.480 e. The molecule has 6 heteroatoms. The SMILES string of the molecule is CCCCC(NC(=O)CSc1ccccc1Cl)C(=O)O. The van der Waals surface area contributed by atoms with E-state index in [1.165, 1.54) is 11.8 Å². The van der Waals surface area contributed by atoms with Gasteiger partial charge in [-0.05, 0) is 18.6 Å². The van der Waals surface area contributed by atoms with Crippen LogP contribution in [0, 0.1) is 0 Å². The van der Waals surface area contributed by atoms with Crippen LogP contribution in [0.25, 0.3) is 0 Å². The lowest BCUT2D eigenvalue weighted by Crippen LogP contribution is -2.41. The molecule has 0 spiro atoms. The Morgan fingerprint density at radius 1 is 1.40 bits per heavy atom. The van der Waals surface area contributed by atoms with Gasteiger partial charge in [0.1, 0.15) is 6.04 Å². The van der Waals surface area contributed by atoms with Crippen LogP contribution in [-0.2, 0) is 9.59 Å². The van der Waals surface area contributed by atoms with Crippen LogP contribution in [0.15, 0.2) is 29.2 Å². The molecule has 0 saturated carbocycles. The summed E-state index contributed by atoms with van der Waals surface area (Å²) in [5.41, 5.74) is 0. The van der Waals surface area contributed by atoms with E-state index in [0.717, 1.165) is 17.7 Å². The molecule has 1 aromatic carbocycles. The fourth-order valence-electron chi connectivity index (χ4n) is 1.61. The number of halogens is 1. The van der Waals surface area contributed by atoms with Crippen molar-refractivity contribution in [2.75, 3.05) is 5.75 Å². The van der Waals surface area contributed by atoms with E-state index >= 15 is 0 Å². The average molecular weight is 316 g/mol. The van der Waals surface area contributed by atoms with Gasteiger partial charge in [-0.15, -0.1) is 11.8 Å². The van der Waals surface area contributed by atoms with Crippen molar-refractivity contribution in [2.24, 2.45) is 0 Å². The highest BCUT2D eigenvalue weighted by atomic mass is 35.5. The Morgan fingerprint density at radius 2 is 2.10 bits per heavy atom. The molecular formula is C14H18ClNO3S. The summed E-state index contributed by atoms with van der Waals surface area (Å²) in [7, 11) is 0. The van der Waals surface area contributed by atoms with Crippen LogP contribution in [-0.4, -0.2) is 28.8 Å². The Morgan fingerprint density at radius 3 is 2.70 bits per heavy atom. The van der Waals surface area contributed by atoms with Crippen LogP contribution in [0.3, 0.4) is 0 Å². The van der Waals surface area contributed by atoms with Gasteiger partial charge in [0.15, 0.2) is 0 Å². The van der Waals surface area contributed by atoms with E-state index in [9.17, 15) is 9.59 Å². The molecule has 2 N–H and O–H groups in total. The molecule has 1 amide bonds. The Hall–Kier alpha value is -1.20. The van der Waals surface area contributed by atoms with Gasteiger partial charge in [0.05, 0.1) is 10.8 Å². The smallest absolute Gasteiger partial charge is 0.326 e. The average Bonchev–Trinajstić information content (AvgIpc) is 2.42. The van der Waals surface area contributed by atoms with Crippen LogP contribution >= 0.6 is 23.4 Å². The van der Waals surface area contributed by atoms with E-state index in [4.69, 9.17) is 16.7 Å². The Balaban J connectivity index is 2.46. The van der Waals surface area contributed by atoms with E-state index in [-0.39, 0.29) is 11.7 Å². The highest BCUT2D eigenvalue weighted by molar-refractivity contribution is 8.00. The van der Waals surface area contributed by atoms with Crippen molar-refractivity contribution >= 4 is 35.2 Å². The van der Waals surface area contributed by atoms with Crippen LogP contribution in [0.5, 0.6) is 0 Å². The lowest BCUT2D eigenvalue weighted by molar-refractivity contribution is -0.141. The third kappa shape index (κ3) is 5.84. The maximum absolute atomic E-state index is 11.8. The van der Waals surface area contributed by atoms with E-state index in [0.29, 0.717) is 11.4 Å². The van der Waals surface area contributed by atoms with Gasteiger partial charge in [0, 0.05) is 4.90 Å². The number of nitrogens with one attached hydrogen (secondary N) is 1. The van der Waals surface area contributed by atoms with Crippen molar-refractivity contribution in [2.45, 2.75) is 37.1 Å². The summed E-state index contributed by atoms with van der Waals surface area (Å²) < 4.78 is 0. The van der Waals surface area contributed by atoms with Crippen molar-refractivity contribution in [3.63, 3.8) is 0 Å². The van der Waals surface area contributed by atoms with Gasteiger partial charge in [0.2, 0.25) is 5.91 Å². The largest absolute Gasteiger partial charge is 0.480 e. The zero-order valence-corrected chi connectivity index (χ0v) is 12.8. The van der Waals surface area contributed by atoms with Gasteiger partial charge in [-0.2, -0.15) is 0 Å². The Labute approximate surface area is 127 Å². The van der Waals surface area contributed by atoms with E-state index in [1.807, 2.05) is 25.1 Å². The minimum atomic E-state index is -0.991. The van der Waals surface area contributed by atoms with Crippen LogP contribution in [0.2, 0.25) is 5.02 Å². The first-order valence-electron chi connectivity index (χ1n) is 6.44. The second-order valence-electron chi connectivity index (χ2n) is 4.32. The molecule has 0 bridgehead atoms. The molecule has 1 rings (SSSR count). The molecule has 1 unspecified atom stereocenters. The fraction of sp³-hybridized carbons (Fsp3) is 0.429. The van der Waals surface area contributed by atoms with Gasteiger partial charge in [-0.3, -0.25) is 4.79 Å². The van der Waals surface area contributed by atoms with Gasteiger partial charge in [-0.25, -0.2) is 4.79 Å². The molecule has 0 radical (unpaired) electrons. The van der Waals surface area contributed by atoms with E-state index in [2.05, 4.69) is 5.32 Å². The summed E-state index contributed by atoms with van der Waals surface area (Å²) >= 11 is 7.28. The van der Waals surface area contributed by atoms with E-state index < -0.39 is 12.0 Å². The third-order valence-corrected chi connectivity index (χ3v) is 4.19. The lowest BCUT2D eigenvalue weighted by atomic mass is 10.1. The van der Waals surface area contributed by atoms with Gasteiger partial charge in [-0.1, -0.05) is 43.5 Å². The van der Waals surface area contributed by atoms with Crippen molar-refractivity contribution in [3.05, 3.63) is 29.3 Å². The summed E-state index contributed by atoms with van der Waals surface area (Å²) in [6, 6.07) is 6.43. The van der Waals surface area contributed by atoms with Crippen molar-refractivity contribution in [1.29, 1.82) is 0 Å². The number of carbonyl (C=O) groups excluding carboxylic acids is 1. The van der Waals surface area contributed by atoms with Gasteiger partial charge in [0.25, 0.3) is 0 Å². The molecule has 0 saturated heterocycles. The van der Waals surface area contributed by atoms with E-state index in [1.54, 1.807) is 6.07 Å². The quantitative estimate of drug-likeness (QED) is 0.723. The third-order valence-electron chi connectivity index (χ3n) is 2.68. The number of thioether (sulfide) groups is 1. The number of amides is 1. The minimum absolute atomic E-state index is 0.152. The van der Waals surface area contributed by atoms with Crippen molar-refractivity contribution in [3.8, 4) is 0 Å². The first-order chi connectivity index (χ1) is 9.54. The number of hydrogen-bond acceptors (Lipinski definition) is 3. The molecule has 0 aliphatic heterocycles. The number of benzene rings is 1. The summed E-state index contributed by atoms with van der Waals surface area (Å²) in [5.74, 6) is -1.13. The lowest BCUT2D eigenvalue weighted by Gasteiger charge is -2.14. The zero-order valence-electron chi connectivity index (χ0n) is 11.3. The van der Waals surface area contributed by atoms with Gasteiger partial charge < -0.3 is 10.4 Å². The first-order valence-corrected chi connectivity index (χ1v) is 7.80. The molecule has 0 aromatic heterocycles. The number of hydrogen-bond donors (Lipinski definition) is 2. The standard InChI is InChI=1S/C14H18ClNO3S/c1-2-3-7-11(14(18)19)16-13(17)9-20-12-8-5-4-6-10(12)15/h4-6,8,11H,2-3,7,9H2,1H3,(H,16,17)(H,18,19). The summed E-state index contributed by atoms with van der Waals surface area (Å²) in [5, 5.41) is 12.2. The second-order valence-corrected chi connectivity index (χ2v) is 5.74. The van der Waals surface area contributed by atoms with Gasteiger partial charge >= 0.3 is 5.97 Å². The molecule has 4 nitrogen and oxygen atoms in total. The maximum atomic E-state index is 11.8. The Kier molecular flexibility index (Phi) is 7.47. The highest BCUT2D eigenvalue weighted by Crippen LogP contribution is 2.26. The van der Waals surface area contributed by atoms with Crippen LogP contribution in [0.1, 0.15) is 26.2 Å². The molecule has 0 heterocycles. The first kappa shape index (κ1) is 16.9. The second kappa shape index (κ2) is 8.87. The number of unbranched alkanes of at least 4 members (excludes halogenated alkanes) is 1. The molecule has 110 valence electrons. The van der Waals surface area contributed by atoms with Crippen LogP contribution in [0.4, 0.5) is 0 Å². The number of carboxylic acids is 1. The molecule has 0 fully saturated rings. The zero-order chi connectivity index (χ0) is 15.0. The molecule has 1 aromatic rings. The number of carbonyl (C=O) groups is 2. The molecular weight excluding hydrogens is 298 g/mol. The predicted octanol–water partition coefficient (Wildman–Crippen LogP) is 3.19. The predicted molar refractivity (Wildman–Crippen MR) is 81.3 cm³/mol. The molecule has 20 heavy (non-hydrogen) atoms. The number of rotatable bonds is 8. The van der Waals surface area contributed by atoms with Crippen LogP contribution < -0.4 is 5.32 Å². The number of aliphatic carboxylic acids is 1. The summed E-state index contributed by atoms with van der Waals surface area (Å²) in [6.07, 6.45) is 2.12. The number of carboxylic acid groups (broad SMARTS) is 1. The fourth-order valence-corrected chi connectivity index (χ4v) is 2.66. The normalized spacial score (nSPS) is 11.9. The topological polar surface area (TPSA) is 66.4 Å². The maximum Gasteiger partial charge on any atom is 0.326 e. The molecule has 0 aliphatic carbocycles. The summed E-state index contributed by atoms with van der Waals surface area (Å²) in [6.45, 7) is 1.98. The molecule has 1 atom stereocenters. The Bertz CT molecular complexity index is 467. The molecule has 0 aliphatic rings. The highest BCUT2D eigenvalue weighted by Gasteiger charge is 2.19. The summed E-state index contributed by atoms with van der Waals surface area (Å²) in [4.78, 5) is 23.6. The van der Waals surface area contributed by atoms with Crippen molar-refractivity contribution < 1.29 is 14.7 Å². The van der Waals surface area contributed by atoms with Crippen molar-refractivity contribution in [1.82, 2.24) is 5.32 Å².